The van der Waals surface area contributed by atoms with Crippen LogP contribution in [0.15, 0.2) is 48.5 Å². The summed E-state index contributed by atoms with van der Waals surface area (Å²) in [5.74, 6) is 0.680. The van der Waals surface area contributed by atoms with Gasteiger partial charge in [-0.15, -0.1) is 0 Å². The molecule has 182 valence electrons. The molecule has 0 bridgehead atoms. The lowest BCUT2D eigenvalue weighted by molar-refractivity contribution is -0.128. The van der Waals surface area contributed by atoms with E-state index in [0.717, 1.165) is 12.8 Å². The molecule has 2 saturated heterocycles. The topological polar surface area (TPSA) is 97.4 Å². The lowest BCUT2D eigenvalue weighted by Crippen LogP contribution is -2.60. The van der Waals surface area contributed by atoms with E-state index in [9.17, 15) is 14.4 Å². The molecule has 1 N–H and O–H groups in total. The molecule has 35 heavy (non-hydrogen) atoms. The molecule has 0 radical (unpaired) electrons. The minimum absolute atomic E-state index is 0.111. The number of carbonyl (C=O) groups excluding carboxylic acids is 3. The summed E-state index contributed by atoms with van der Waals surface area (Å²) in [6.07, 6.45) is 2.78. The predicted molar refractivity (Wildman–Crippen MR) is 124 cm³/mol. The number of fused-ring (bicyclic) bond motifs is 1. The summed E-state index contributed by atoms with van der Waals surface area (Å²) < 4.78 is 17.0. The number of hydrogen-bond acceptors (Lipinski definition) is 6. The van der Waals surface area contributed by atoms with Crippen LogP contribution < -0.4 is 14.8 Å². The Labute approximate surface area is 202 Å². The van der Waals surface area contributed by atoms with Gasteiger partial charge in [-0.1, -0.05) is 18.2 Å². The van der Waals surface area contributed by atoms with Gasteiger partial charge in [0.05, 0.1) is 6.61 Å². The van der Waals surface area contributed by atoms with Gasteiger partial charge in [0.2, 0.25) is 12.7 Å². The smallest absolute Gasteiger partial charge is 0.256 e. The summed E-state index contributed by atoms with van der Waals surface area (Å²) in [5.41, 5.74) is 0.112. The fourth-order valence-electron chi connectivity index (χ4n) is 5.08. The highest BCUT2D eigenvalue weighted by molar-refractivity contribution is 5.99. The second-order valence-electron chi connectivity index (χ2n) is 9.46. The number of piperidine rings is 1. The zero-order chi connectivity index (χ0) is 24.0. The molecule has 9 nitrogen and oxygen atoms in total. The maximum atomic E-state index is 13.6. The van der Waals surface area contributed by atoms with Gasteiger partial charge in [-0.3, -0.25) is 19.3 Å². The van der Waals surface area contributed by atoms with Crippen molar-refractivity contribution in [3.63, 3.8) is 0 Å². The van der Waals surface area contributed by atoms with E-state index in [4.69, 9.17) is 14.2 Å². The van der Waals surface area contributed by atoms with Crippen LogP contribution in [0, 0.1) is 0 Å². The maximum absolute atomic E-state index is 13.6. The van der Waals surface area contributed by atoms with Crippen LogP contribution in [-0.2, 0) is 9.53 Å². The largest absolute Gasteiger partial charge is 0.454 e. The predicted octanol–water partition coefficient (Wildman–Crippen LogP) is 2.17. The molecule has 3 heterocycles. The Bertz CT molecular complexity index is 1160. The van der Waals surface area contributed by atoms with Gasteiger partial charge in [-0.2, -0.15) is 0 Å². The van der Waals surface area contributed by atoms with Crippen molar-refractivity contribution in [1.29, 1.82) is 0 Å². The van der Waals surface area contributed by atoms with Crippen molar-refractivity contribution in [2.24, 2.45) is 0 Å². The molecule has 6 rings (SSSR count). The Morgan fingerprint density at radius 3 is 2.37 bits per heavy atom. The first kappa shape index (κ1) is 21.9. The summed E-state index contributed by atoms with van der Waals surface area (Å²) in [6, 6.07) is 13.6. The Morgan fingerprint density at radius 2 is 1.63 bits per heavy atom. The number of rotatable bonds is 4. The fraction of sp³-hybridized carbons (Fsp3) is 0.423. The van der Waals surface area contributed by atoms with Crippen LogP contribution in [-0.4, -0.2) is 71.8 Å². The van der Waals surface area contributed by atoms with Gasteiger partial charge >= 0.3 is 0 Å². The molecule has 4 aliphatic rings. The van der Waals surface area contributed by atoms with Crippen LogP contribution in [0.25, 0.3) is 0 Å². The minimum Gasteiger partial charge on any atom is -0.454 e. The van der Waals surface area contributed by atoms with Crippen LogP contribution in [0.1, 0.15) is 46.4 Å². The van der Waals surface area contributed by atoms with Crippen LogP contribution >= 0.6 is 0 Å². The number of benzene rings is 2. The van der Waals surface area contributed by atoms with Crippen LogP contribution in [0.4, 0.5) is 0 Å². The molecule has 1 saturated carbocycles. The second kappa shape index (κ2) is 8.57. The van der Waals surface area contributed by atoms with Crippen LogP contribution in [0.5, 0.6) is 11.5 Å². The molecule has 3 fully saturated rings. The number of amides is 3. The summed E-state index contributed by atoms with van der Waals surface area (Å²) in [7, 11) is 0. The highest BCUT2D eigenvalue weighted by Crippen LogP contribution is 2.39. The lowest BCUT2D eigenvalue weighted by Gasteiger charge is -2.44. The van der Waals surface area contributed by atoms with Gasteiger partial charge in [0.1, 0.15) is 11.8 Å². The summed E-state index contributed by atoms with van der Waals surface area (Å²) in [6.45, 7) is 1.11. The average Bonchev–Trinajstić information content (AvgIpc) is 3.45. The highest BCUT2D eigenvalue weighted by Gasteiger charge is 2.54. The summed E-state index contributed by atoms with van der Waals surface area (Å²) in [4.78, 5) is 43.3. The molecular formula is C26H27N3O6. The Balaban J connectivity index is 1.21. The fourth-order valence-corrected chi connectivity index (χ4v) is 5.08. The van der Waals surface area contributed by atoms with Gasteiger partial charge in [-0.25, -0.2) is 0 Å². The van der Waals surface area contributed by atoms with Gasteiger partial charge in [0, 0.05) is 43.1 Å². The van der Waals surface area contributed by atoms with E-state index in [0.29, 0.717) is 48.6 Å². The zero-order valence-electron chi connectivity index (χ0n) is 19.3. The number of hydrogen-bond donors (Lipinski definition) is 1. The van der Waals surface area contributed by atoms with Crippen molar-refractivity contribution in [2.75, 3.05) is 26.5 Å². The van der Waals surface area contributed by atoms with E-state index in [1.165, 1.54) is 0 Å². The molecule has 1 atom stereocenters. The Morgan fingerprint density at radius 1 is 0.886 bits per heavy atom. The van der Waals surface area contributed by atoms with E-state index in [1.54, 1.807) is 40.1 Å². The van der Waals surface area contributed by atoms with E-state index in [1.807, 2.05) is 18.2 Å². The van der Waals surface area contributed by atoms with Crippen LogP contribution in [0.2, 0.25) is 0 Å². The Kier molecular flexibility index (Phi) is 5.36. The quantitative estimate of drug-likeness (QED) is 0.725. The normalized spacial score (nSPS) is 22.3. The number of ether oxygens (including phenoxy) is 3. The molecule has 1 spiro atoms. The average molecular weight is 478 g/mol. The number of nitrogens with one attached hydrogen (secondary N) is 1. The van der Waals surface area contributed by atoms with E-state index >= 15 is 0 Å². The van der Waals surface area contributed by atoms with Crippen molar-refractivity contribution in [3.8, 4) is 11.5 Å². The van der Waals surface area contributed by atoms with Gasteiger partial charge in [0.25, 0.3) is 11.8 Å². The second-order valence-corrected chi connectivity index (χ2v) is 9.46. The van der Waals surface area contributed by atoms with Crippen molar-refractivity contribution >= 4 is 17.7 Å². The third-order valence-corrected chi connectivity index (χ3v) is 7.18. The number of likely N-dealkylation sites (tertiary alicyclic amines) is 1. The number of nitrogens with zero attached hydrogens (tertiary/aromatic N) is 2. The first-order valence-electron chi connectivity index (χ1n) is 12.1. The van der Waals surface area contributed by atoms with Gasteiger partial charge in [-0.05, 0) is 43.2 Å². The molecule has 3 amide bonds. The van der Waals surface area contributed by atoms with E-state index in [2.05, 4.69) is 5.32 Å². The summed E-state index contributed by atoms with van der Waals surface area (Å²) >= 11 is 0. The van der Waals surface area contributed by atoms with Crippen LogP contribution in [0.3, 0.4) is 0 Å². The monoisotopic (exact) mass is 477 g/mol. The van der Waals surface area contributed by atoms with Crippen molar-refractivity contribution < 1.29 is 28.6 Å². The van der Waals surface area contributed by atoms with Gasteiger partial charge in [0.15, 0.2) is 11.5 Å². The minimum atomic E-state index is -0.926. The summed E-state index contributed by atoms with van der Waals surface area (Å²) in [5, 5.41) is 3.02. The first-order chi connectivity index (χ1) is 17.0. The molecule has 2 aromatic carbocycles. The standard InChI is InChI=1S/C26H27N3O6/c30-23(27-19-7-8-19)20-15-35-26(29(20)25(32)17-4-2-1-3-5-17)10-12-28(13-11-26)24(31)18-6-9-21-22(14-18)34-16-33-21/h1-6,9,14,19-20H,7-8,10-13,15-16H2,(H,27,30). The van der Waals surface area contributed by atoms with Gasteiger partial charge < -0.3 is 24.4 Å². The molecule has 2 aromatic rings. The van der Waals surface area contributed by atoms with Crippen molar-refractivity contribution in [1.82, 2.24) is 15.1 Å². The molecule has 0 aromatic heterocycles. The molecule has 9 heteroatoms. The third-order valence-electron chi connectivity index (χ3n) is 7.18. The van der Waals surface area contributed by atoms with Crippen molar-refractivity contribution in [2.45, 2.75) is 43.5 Å². The third kappa shape index (κ3) is 3.99. The Hall–Kier alpha value is -3.59. The molecule has 1 unspecified atom stereocenters. The zero-order valence-corrected chi connectivity index (χ0v) is 19.3. The lowest BCUT2D eigenvalue weighted by atomic mass is 9.96. The molecule has 3 aliphatic heterocycles. The number of carbonyl (C=O) groups is 3. The molecule has 1 aliphatic carbocycles. The first-order valence-corrected chi connectivity index (χ1v) is 12.1. The SMILES string of the molecule is O=C(NC1CC1)C1COC2(CCN(C(=O)c3ccc4c(c3)OCO4)CC2)N1C(=O)c1ccccc1. The molecular weight excluding hydrogens is 450 g/mol. The van der Waals surface area contributed by atoms with Crippen molar-refractivity contribution in [3.05, 3.63) is 59.7 Å². The maximum Gasteiger partial charge on any atom is 0.256 e. The highest BCUT2D eigenvalue weighted by atomic mass is 16.7. The van der Waals surface area contributed by atoms with E-state index < -0.39 is 11.8 Å². The van der Waals surface area contributed by atoms with E-state index in [-0.39, 0.29) is 37.2 Å².